The Morgan fingerprint density at radius 3 is 2.68 bits per heavy atom. The summed E-state index contributed by atoms with van der Waals surface area (Å²) in [5, 5.41) is 26.7. The van der Waals surface area contributed by atoms with Crippen molar-refractivity contribution in [2.45, 2.75) is 47.0 Å². The highest BCUT2D eigenvalue weighted by Crippen LogP contribution is 2.21. The largest absolute Gasteiger partial charge is 0.343 e. The first-order valence-corrected chi connectivity index (χ1v) is 8.86. The monoisotopic (exact) mass is 386 g/mol. The van der Waals surface area contributed by atoms with Gasteiger partial charge in [0.15, 0.2) is 0 Å². The van der Waals surface area contributed by atoms with Gasteiger partial charge in [-0.25, -0.2) is 4.68 Å². The Morgan fingerprint density at radius 2 is 2.04 bits per heavy atom. The Kier molecular flexibility index (Phi) is 5.25. The van der Waals surface area contributed by atoms with Crippen LogP contribution in [0, 0.1) is 24.0 Å². The molecule has 3 aromatic rings. The summed E-state index contributed by atoms with van der Waals surface area (Å²) in [6, 6.07) is 3.24. The molecule has 0 saturated heterocycles. The minimum absolute atomic E-state index is 0.00789. The van der Waals surface area contributed by atoms with Gasteiger partial charge in [0.1, 0.15) is 23.8 Å². The van der Waals surface area contributed by atoms with E-state index in [4.69, 9.17) is 0 Å². The lowest BCUT2D eigenvalue weighted by molar-refractivity contribution is -0.386. The molecule has 28 heavy (non-hydrogen) atoms. The topological polar surface area (TPSA) is 126 Å². The molecule has 3 aromatic heterocycles. The summed E-state index contributed by atoms with van der Waals surface area (Å²) < 4.78 is 4.82. The molecule has 0 aliphatic rings. The lowest BCUT2D eigenvalue weighted by atomic mass is 10.2. The normalized spacial score (nSPS) is 12.1. The standard InChI is InChI=1S/C17H22N8O3/c1-5-23-15(6-8-18-23)11(2)19-17(26)14-7-9-22(21-14)10-24-13(4)16(25(27)28)12(3)20-24/h6-9,11H,5,10H2,1-4H3,(H,19,26). The fraction of sp³-hybridized carbons (Fsp3) is 0.412. The summed E-state index contributed by atoms with van der Waals surface area (Å²) >= 11 is 0. The van der Waals surface area contributed by atoms with Gasteiger partial charge in [-0.2, -0.15) is 15.3 Å². The van der Waals surface area contributed by atoms with Gasteiger partial charge >= 0.3 is 5.69 Å². The van der Waals surface area contributed by atoms with Crippen molar-refractivity contribution in [3.05, 3.63) is 57.4 Å². The van der Waals surface area contributed by atoms with Gasteiger partial charge in [-0.15, -0.1) is 0 Å². The molecular weight excluding hydrogens is 364 g/mol. The van der Waals surface area contributed by atoms with E-state index >= 15 is 0 Å². The van der Waals surface area contributed by atoms with Crippen molar-refractivity contribution in [3.63, 3.8) is 0 Å². The predicted molar refractivity (Wildman–Crippen MR) is 99.8 cm³/mol. The van der Waals surface area contributed by atoms with E-state index in [1.165, 1.54) is 9.36 Å². The molecule has 0 aliphatic carbocycles. The van der Waals surface area contributed by atoms with E-state index in [-0.39, 0.29) is 30.0 Å². The number of aryl methyl sites for hydroxylation is 2. The second kappa shape index (κ2) is 7.62. The minimum Gasteiger partial charge on any atom is -0.343 e. The number of aromatic nitrogens is 6. The average Bonchev–Trinajstić information content (AvgIpc) is 3.34. The molecule has 0 fully saturated rings. The van der Waals surface area contributed by atoms with Crippen molar-refractivity contribution in [2.75, 3.05) is 0 Å². The van der Waals surface area contributed by atoms with Crippen LogP contribution in [0.15, 0.2) is 24.5 Å². The number of rotatable bonds is 7. The molecule has 0 bridgehead atoms. The second-order valence-corrected chi connectivity index (χ2v) is 6.42. The molecule has 1 amide bonds. The fourth-order valence-corrected chi connectivity index (χ4v) is 3.11. The summed E-state index contributed by atoms with van der Waals surface area (Å²) in [7, 11) is 0. The number of hydrogen-bond acceptors (Lipinski definition) is 6. The molecule has 0 saturated carbocycles. The van der Waals surface area contributed by atoms with Crippen LogP contribution < -0.4 is 5.32 Å². The van der Waals surface area contributed by atoms with Crippen LogP contribution in [-0.4, -0.2) is 40.2 Å². The first-order valence-electron chi connectivity index (χ1n) is 8.86. The lowest BCUT2D eigenvalue weighted by Gasteiger charge is -2.14. The van der Waals surface area contributed by atoms with Crippen LogP contribution in [-0.2, 0) is 13.2 Å². The Bertz CT molecular complexity index is 1020. The van der Waals surface area contributed by atoms with E-state index in [2.05, 4.69) is 20.6 Å². The van der Waals surface area contributed by atoms with Crippen molar-refractivity contribution in [1.82, 2.24) is 34.7 Å². The summed E-state index contributed by atoms with van der Waals surface area (Å²) in [5.74, 6) is -0.311. The molecule has 1 atom stereocenters. The van der Waals surface area contributed by atoms with E-state index < -0.39 is 4.92 Å². The number of hydrogen-bond donors (Lipinski definition) is 1. The van der Waals surface area contributed by atoms with Gasteiger partial charge in [-0.3, -0.25) is 24.3 Å². The van der Waals surface area contributed by atoms with Crippen LogP contribution in [0.5, 0.6) is 0 Å². The maximum Gasteiger partial charge on any atom is 0.312 e. The third-order valence-corrected chi connectivity index (χ3v) is 4.52. The quantitative estimate of drug-likeness (QED) is 0.487. The van der Waals surface area contributed by atoms with Crippen molar-refractivity contribution < 1.29 is 9.72 Å². The van der Waals surface area contributed by atoms with Crippen LogP contribution in [0.3, 0.4) is 0 Å². The highest BCUT2D eigenvalue weighted by molar-refractivity contribution is 5.92. The van der Waals surface area contributed by atoms with E-state index in [9.17, 15) is 14.9 Å². The third kappa shape index (κ3) is 3.63. The summed E-state index contributed by atoms with van der Waals surface area (Å²) in [4.78, 5) is 23.2. The van der Waals surface area contributed by atoms with E-state index in [0.29, 0.717) is 17.9 Å². The summed E-state index contributed by atoms with van der Waals surface area (Å²) in [6.45, 7) is 7.97. The molecule has 11 heteroatoms. The number of nitrogens with one attached hydrogen (secondary N) is 1. The summed E-state index contributed by atoms with van der Waals surface area (Å²) in [6.07, 6.45) is 3.34. The predicted octanol–water partition coefficient (Wildman–Crippen LogP) is 1.82. The van der Waals surface area contributed by atoms with Crippen LogP contribution >= 0.6 is 0 Å². The molecule has 148 valence electrons. The smallest absolute Gasteiger partial charge is 0.312 e. The Hall–Kier alpha value is -3.50. The van der Waals surface area contributed by atoms with Crippen molar-refractivity contribution in [3.8, 4) is 0 Å². The lowest BCUT2D eigenvalue weighted by Crippen LogP contribution is -2.28. The van der Waals surface area contributed by atoms with Gasteiger partial charge in [0.2, 0.25) is 0 Å². The third-order valence-electron chi connectivity index (χ3n) is 4.52. The number of carbonyl (C=O) groups is 1. The first-order chi connectivity index (χ1) is 13.3. The van der Waals surface area contributed by atoms with Crippen LogP contribution in [0.1, 0.15) is 47.5 Å². The SMILES string of the molecule is CCn1nccc1C(C)NC(=O)c1ccn(Cn2nc(C)c([N+](=O)[O-])c2C)n1. The Labute approximate surface area is 161 Å². The van der Waals surface area contributed by atoms with Gasteiger partial charge in [0.25, 0.3) is 5.91 Å². The average molecular weight is 386 g/mol. The molecule has 0 aromatic carbocycles. The van der Waals surface area contributed by atoms with Crippen molar-refractivity contribution >= 4 is 11.6 Å². The maximum atomic E-state index is 12.5. The van der Waals surface area contributed by atoms with E-state index in [1.54, 1.807) is 32.3 Å². The molecule has 0 aliphatic heterocycles. The molecule has 3 rings (SSSR count). The first kappa shape index (κ1) is 19.3. The van der Waals surface area contributed by atoms with Crippen LogP contribution in [0.25, 0.3) is 0 Å². The highest BCUT2D eigenvalue weighted by Gasteiger charge is 2.22. The Balaban J connectivity index is 1.71. The fourth-order valence-electron chi connectivity index (χ4n) is 3.11. The molecule has 0 radical (unpaired) electrons. The second-order valence-electron chi connectivity index (χ2n) is 6.42. The van der Waals surface area contributed by atoms with Crippen molar-refractivity contribution in [2.24, 2.45) is 0 Å². The molecule has 0 spiro atoms. The van der Waals surface area contributed by atoms with E-state index in [0.717, 1.165) is 5.69 Å². The van der Waals surface area contributed by atoms with E-state index in [1.807, 2.05) is 24.6 Å². The van der Waals surface area contributed by atoms with Crippen LogP contribution in [0.2, 0.25) is 0 Å². The molecular formula is C17H22N8O3. The number of carbonyl (C=O) groups excluding carboxylic acids is 1. The highest BCUT2D eigenvalue weighted by atomic mass is 16.6. The molecule has 1 unspecified atom stereocenters. The zero-order chi connectivity index (χ0) is 20.4. The number of nitrogens with zero attached hydrogens (tertiary/aromatic N) is 7. The van der Waals surface area contributed by atoms with Crippen LogP contribution in [0.4, 0.5) is 5.69 Å². The number of amides is 1. The maximum absolute atomic E-state index is 12.5. The van der Waals surface area contributed by atoms with Crippen molar-refractivity contribution in [1.29, 1.82) is 0 Å². The van der Waals surface area contributed by atoms with Gasteiger partial charge < -0.3 is 5.32 Å². The molecule has 11 nitrogen and oxygen atoms in total. The minimum atomic E-state index is -0.446. The van der Waals surface area contributed by atoms with Gasteiger partial charge in [-0.05, 0) is 39.8 Å². The molecule has 3 heterocycles. The van der Waals surface area contributed by atoms with Gasteiger partial charge in [0.05, 0.1) is 16.7 Å². The number of nitro groups is 1. The van der Waals surface area contributed by atoms with Gasteiger partial charge in [-0.1, -0.05) is 0 Å². The molecule has 1 N–H and O–H groups in total. The summed E-state index contributed by atoms with van der Waals surface area (Å²) in [5.41, 5.74) is 1.93. The zero-order valence-electron chi connectivity index (χ0n) is 16.2. The Morgan fingerprint density at radius 1 is 1.29 bits per heavy atom. The van der Waals surface area contributed by atoms with Gasteiger partial charge in [0, 0.05) is 18.9 Å². The zero-order valence-corrected chi connectivity index (χ0v) is 16.2.